The second-order valence-electron chi connectivity index (χ2n) is 5.50. The van der Waals surface area contributed by atoms with Crippen LogP contribution in [0.1, 0.15) is 16.7 Å². The smallest absolute Gasteiger partial charge is 0.315 e. The lowest BCUT2D eigenvalue weighted by molar-refractivity contribution is 0.661. The summed E-state index contributed by atoms with van der Waals surface area (Å²) in [4.78, 5) is 0. The molecule has 0 heterocycles. The molecule has 3 aromatic carbocycles. The zero-order chi connectivity index (χ0) is 16.0. The molecule has 0 saturated carbocycles. The number of nitrogens with zero attached hydrogens (tertiary/aromatic N) is 1. The van der Waals surface area contributed by atoms with E-state index in [-0.39, 0.29) is 0 Å². The van der Waals surface area contributed by atoms with E-state index in [0.717, 1.165) is 16.7 Å². The molecule has 0 aliphatic heterocycles. The van der Waals surface area contributed by atoms with Crippen LogP contribution in [0.5, 0.6) is 0 Å². The largest absolute Gasteiger partial charge is 0.498 e. The lowest BCUT2D eigenvalue weighted by atomic mass is 9.71. The van der Waals surface area contributed by atoms with Gasteiger partial charge in [0.05, 0.1) is 0 Å². The molecular weight excluding hydrogens is 282 g/mol. The van der Waals surface area contributed by atoms with Crippen molar-refractivity contribution < 1.29 is 0 Å². The fourth-order valence-electron chi connectivity index (χ4n) is 2.96. The van der Waals surface area contributed by atoms with Gasteiger partial charge in [0.25, 0.3) is 0 Å². The third-order valence-electron chi connectivity index (χ3n) is 4.08. The molecule has 0 saturated heterocycles. The van der Waals surface area contributed by atoms with Crippen LogP contribution < -0.4 is 0 Å². The van der Waals surface area contributed by atoms with Crippen molar-refractivity contribution in [3.63, 3.8) is 0 Å². The summed E-state index contributed by atoms with van der Waals surface area (Å²) in [5.74, 6) is 0. The summed E-state index contributed by atoms with van der Waals surface area (Å²) >= 11 is 0. The van der Waals surface area contributed by atoms with Crippen molar-refractivity contribution in [2.75, 3.05) is 0 Å². The van der Waals surface area contributed by atoms with E-state index in [2.05, 4.69) is 23.2 Å². The number of benzene rings is 3. The fraction of sp³-hybridized carbons (Fsp3) is 0.0952. The molecule has 0 N–H and O–H groups in total. The van der Waals surface area contributed by atoms with E-state index in [1.807, 2.05) is 78.9 Å². The van der Waals surface area contributed by atoms with Crippen molar-refractivity contribution in [2.45, 2.75) is 11.8 Å². The molecule has 2 nitrogen and oxygen atoms in total. The zero-order valence-corrected chi connectivity index (χ0v) is 12.7. The van der Waals surface area contributed by atoms with E-state index in [4.69, 9.17) is 0 Å². The zero-order valence-electron chi connectivity index (χ0n) is 12.7. The Kier molecular flexibility index (Phi) is 4.40. The minimum atomic E-state index is -0.689. The summed E-state index contributed by atoms with van der Waals surface area (Å²) in [6, 6.07) is 32.9. The Morgan fingerprint density at radius 3 is 1.57 bits per heavy atom. The SMILES string of the molecule is [O-][N+]#CC(Cc1ccccc1)(c1ccccc1)c1ccccc1. The van der Waals surface area contributed by atoms with Gasteiger partial charge in [0.1, 0.15) is 0 Å². The highest BCUT2D eigenvalue weighted by atomic mass is 16.4. The standard InChI is InChI=1S/C21H17NO/c23-22-17-21(19-12-6-2-7-13-19,20-14-8-3-9-15-20)16-18-10-4-1-5-11-18/h1-15H,16H2. The van der Waals surface area contributed by atoms with Gasteiger partial charge in [0, 0.05) is 11.4 Å². The summed E-state index contributed by atoms with van der Waals surface area (Å²) < 4.78 is 0. The van der Waals surface area contributed by atoms with Crippen molar-refractivity contribution in [1.82, 2.24) is 0 Å². The lowest BCUT2D eigenvalue weighted by Gasteiger charge is -2.25. The van der Waals surface area contributed by atoms with Gasteiger partial charge in [0.15, 0.2) is 5.41 Å². The van der Waals surface area contributed by atoms with Gasteiger partial charge in [-0.15, -0.1) is 0 Å². The van der Waals surface area contributed by atoms with E-state index in [1.54, 1.807) is 0 Å². The molecule has 0 radical (unpaired) electrons. The first kappa shape index (κ1) is 14.9. The van der Waals surface area contributed by atoms with Crippen LogP contribution >= 0.6 is 0 Å². The highest BCUT2D eigenvalue weighted by molar-refractivity contribution is 5.49. The maximum atomic E-state index is 11.2. The summed E-state index contributed by atoms with van der Waals surface area (Å²) in [6.45, 7) is 0. The second-order valence-corrected chi connectivity index (χ2v) is 5.50. The summed E-state index contributed by atoms with van der Waals surface area (Å²) in [6.07, 6.45) is 0.633. The molecule has 0 atom stereocenters. The van der Waals surface area contributed by atoms with Crippen molar-refractivity contribution >= 4 is 0 Å². The van der Waals surface area contributed by atoms with Gasteiger partial charge in [-0.2, -0.15) is 0 Å². The first-order valence-electron chi connectivity index (χ1n) is 7.60. The first-order chi connectivity index (χ1) is 11.3. The minimum Gasteiger partial charge on any atom is -0.498 e. The molecular formula is C21H17NO. The monoisotopic (exact) mass is 299 g/mol. The molecule has 0 spiro atoms. The molecule has 23 heavy (non-hydrogen) atoms. The van der Waals surface area contributed by atoms with E-state index in [9.17, 15) is 5.21 Å². The fourth-order valence-corrected chi connectivity index (χ4v) is 2.96. The van der Waals surface area contributed by atoms with Crippen LogP contribution in [-0.4, -0.2) is 0 Å². The van der Waals surface area contributed by atoms with E-state index in [0.29, 0.717) is 6.42 Å². The molecule has 3 rings (SSSR count). The average Bonchev–Trinajstić information content (AvgIpc) is 2.64. The average molecular weight is 299 g/mol. The Bertz CT molecular complexity index is 762. The van der Waals surface area contributed by atoms with Gasteiger partial charge in [-0.05, 0) is 16.7 Å². The third-order valence-corrected chi connectivity index (χ3v) is 4.08. The van der Waals surface area contributed by atoms with Crippen molar-refractivity contribution in [3.8, 4) is 6.07 Å². The Labute approximate surface area is 136 Å². The predicted molar refractivity (Wildman–Crippen MR) is 94.4 cm³/mol. The van der Waals surface area contributed by atoms with Crippen LogP contribution in [0.15, 0.2) is 91.0 Å². The summed E-state index contributed by atoms with van der Waals surface area (Å²) in [7, 11) is 0. The predicted octanol–water partition coefficient (Wildman–Crippen LogP) is 5.05. The van der Waals surface area contributed by atoms with Gasteiger partial charge in [0.2, 0.25) is 0 Å². The van der Waals surface area contributed by atoms with Gasteiger partial charge in [-0.1, -0.05) is 91.0 Å². The first-order valence-corrected chi connectivity index (χ1v) is 7.60. The van der Waals surface area contributed by atoms with Crippen LogP contribution in [0.25, 0.3) is 5.01 Å². The Morgan fingerprint density at radius 1 is 0.696 bits per heavy atom. The number of rotatable bonds is 4. The van der Waals surface area contributed by atoms with Crippen LogP contribution in [0.2, 0.25) is 0 Å². The topological polar surface area (TPSA) is 27.4 Å². The molecule has 0 fully saturated rings. The molecule has 2 heteroatoms. The third kappa shape index (κ3) is 3.09. The molecule has 112 valence electrons. The molecule has 0 aromatic heterocycles. The van der Waals surface area contributed by atoms with Gasteiger partial charge in [-0.3, -0.25) is 0 Å². The molecule has 0 unspecified atom stereocenters. The van der Waals surface area contributed by atoms with Crippen LogP contribution in [-0.2, 0) is 11.8 Å². The van der Waals surface area contributed by atoms with Crippen molar-refractivity contribution in [3.05, 3.63) is 118 Å². The normalized spacial score (nSPS) is 10.6. The van der Waals surface area contributed by atoms with Gasteiger partial charge >= 0.3 is 6.07 Å². The Hall–Kier alpha value is -3.05. The maximum absolute atomic E-state index is 11.2. The van der Waals surface area contributed by atoms with Crippen molar-refractivity contribution in [2.24, 2.45) is 0 Å². The molecule has 0 aliphatic rings. The number of hydrogen-bond donors (Lipinski definition) is 0. The second kappa shape index (κ2) is 6.81. The van der Waals surface area contributed by atoms with E-state index in [1.165, 1.54) is 0 Å². The molecule has 0 aliphatic carbocycles. The quantitative estimate of drug-likeness (QED) is 0.620. The van der Waals surface area contributed by atoms with Crippen LogP contribution in [0.3, 0.4) is 0 Å². The van der Waals surface area contributed by atoms with Crippen LogP contribution in [0.4, 0.5) is 0 Å². The minimum absolute atomic E-state index is 0.633. The van der Waals surface area contributed by atoms with Crippen molar-refractivity contribution in [1.29, 1.82) is 0 Å². The van der Waals surface area contributed by atoms with Crippen LogP contribution in [0, 0.1) is 11.3 Å². The molecule has 0 bridgehead atoms. The summed E-state index contributed by atoms with van der Waals surface area (Å²) in [5, 5.41) is 14.3. The maximum Gasteiger partial charge on any atom is 0.315 e. The van der Waals surface area contributed by atoms with Gasteiger partial charge in [-0.25, -0.2) is 0 Å². The summed E-state index contributed by atoms with van der Waals surface area (Å²) in [5.41, 5.74) is 2.46. The Balaban J connectivity index is 2.20. The highest BCUT2D eigenvalue weighted by Crippen LogP contribution is 2.35. The van der Waals surface area contributed by atoms with E-state index >= 15 is 0 Å². The lowest BCUT2D eigenvalue weighted by Crippen LogP contribution is -2.28. The molecule has 0 amide bonds. The highest BCUT2D eigenvalue weighted by Gasteiger charge is 2.39. The Morgan fingerprint density at radius 2 is 1.13 bits per heavy atom. The van der Waals surface area contributed by atoms with Gasteiger partial charge < -0.3 is 5.21 Å². The van der Waals surface area contributed by atoms with E-state index < -0.39 is 5.41 Å². The number of hydrogen-bond acceptors (Lipinski definition) is 1. The molecule has 3 aromatic rings.